The van der Waals surface area contributed by atoms with E-state index in [0.29, 0.717) is 30.4 Å². The smallest absolute Gasteiger partial charge is 0.254 e. The molecule has 0 aliphatic carbocycles. The molecular formula is C13H18N4O4S2. The van der Waals surface area contributed by atoms with E-state index in [2.05, 4.69) is 14.8 Å². The first-order valence-corrected chi connectivity index (χ1v) is 9.48. The van der Waals surface area contributed by atoms with Crippen molar-refractivity contribution in [2.24, 2.45) is 0 Å². The highest BCUT2D eigenvalue weighted by Gasteiger charge is 2.31. The standard InChI is InChI=1S/C13H18N4O4S2/c1-20-8-11-14-12-9(4-3-6-17(12)15-11)16-23(18,19)13-10(21-2)5-7-22-13/h5,7,9,16H,3-4,6,8H2,1-2H3/t9-/m1/s1. The fourth-order valence-corrected chi connectivity index (χ4v) is 5.09. The van der Waals surface area contributed by atoms with Gasteiger partial charge in [0.25, 0.3) is 10.0 Å². The summed E-state index contributed by atoms with van der Waals surface area (Å²) < 4.78 is 40.0. The maximum Gasteiger partial charge on any atom is 0.254 e. The molecule has 8 nitrogen and oxygen atoms in total. The highest BCUT2D eigenvalue weighted by molar-refractivity contribution is 7.91. The van der Waals surface area contributed by atoms with Gasteiger partial charge in [-0.15, -0.1) is 11.3 Å². The number of sulfonamides is 1. The molecule has 2 aromatic rings. The number of aromatic nitrogens is 3. The van der Waals surface area contributed by atoms with E-state index < -0.39 is 16.1 Å². The zero-order valence-corrected chi connectivity index (χ0v) is 14.5. The zero-order chi connectivity index (χ0) is 16.4. The van der Waals surface area contributed by atoms with Crippen LogP contribution in [0, 0.1) is 0 Å². The molecule has 0 aromatic carbocycles. The summed E-state index contributed by atoms with van der Waals surface area (Å²) in [6.45, 7) is 1.03. The summed E-state index contributed by atoms with van der Waals surface area (Å²) in [5, 5.41) is 6.03. The van der Waals surface area contributed by atoms with Crippen molar-refractivity contribution in [3.05, 3.63) is 23.1 Å². The van der Waals surface area contributed by atoms with Gasteiger partial charge in [0.15, 0.2) is 10.0 Å². The van der Waals surface area contributed by atoms with Crippen LogP contribution in [0.4, 0.5) is 0 Å². The molecule has 0 fully saturated rings. The maximum absolute atomic E-state index is 12.6. The Hall–Kier alpha value is -1.49. The number of nitrogens with one attached hydrogen (secondary N) is 1. The van der Waals surface area contributed by atoms with Crippen LogP contribution in [0.1, 0.15) is 30.5 Å². The minimum Gasteiger partial charge on any atom is -0.494 e. The molecule has 1 atom stereocenters. The van der Waals surface area contributed by atoms with E-state index in [1.54, 1.807) is 23.2 Å². The third kappa shape index (κ3) is 3.25. The average molecular weight is 358 g/mol. The molecule has 0 saturated heterocycles. The van der Waals surface area contributed by atoms with Gasteiger partial charge in [0, 0.05) is 13.7 Å². The zero-order valence-electron chi connectivity index (χ0n) is 12.9. The molecule has 23 heavy (non-hydrogen) atoms. The number of hydrogen-bond acceptors (Lipinski definition) is 7. The first-order chi connectivity index (χ1) is 11.0. The Balaban J connectivity index is 1.87. The minimum absolute atomic E-state index is 0.175. The Morgan fingerprint density at radius 3 is 3.04 bits per heavy atom. The lowest BCUT2D eigenvalue weighted by atomic mass is 10.1. The third-order valence-electron chi connectivity index (χ3n) is 3.55. The number of aryl methyl sites for hydroxylation is 1. The quantitative estimate of drug-likeness (QED) is 0.836. The lowest BCUT2D eigenvalue weighted by molar-refractivity contribution is 0.177. The summed E-state index contributed by atoms with van der Waals surface area (Å²) in [5.74, 6) is 1.53. The van der Waals surface area contributed by atoms with Gasteiger partial charge in [0.05, 0.1) is 13.2 Å². The van der Waals surface area contributed by atoms with Gasteiger partial charge < -0.3 is 9.47 Å². The Morgan fingerprint density at radius 2 is 2.30 bits per heavy atom. The second-order valence-corrected chi connectivity index (χ2v) is 7.96. The van der Waals surface area contributed by atoms with Crippen LogP contribution in [0.2, 0.25) is 0 Å². The van der Waals surface area contributed by atoms with E-state index in [9.17, 15) is 8.42 Å². The largest absolute Gasteiger partial charge is 0.494 e. The minimum atomic E-state index is -3.67. The van der Waals surface area contributed by atoms with Gasteiger partial charge in [-0.25, -0.2) is 18.1 Å². The number of rotatable bonds is 6. The molecule has 126 valence electrons. The number of hydrogen-bond donors (Lipinski definition) is 1. The lowest BCUT2D eigenvalue weighted by Crippen LogP contribution is -2.33. The molecule has 0 spiro atoms. The van der Waals surface area contributed by atoms with Crippen molar-refractivity contribution in [1.82, 2.24) is 19.5 Å². The van der Waals surface area contributed by atoms with E-state index in [1.165, 1.54) is 7.11 Å². The number of nitrogens with zero attached hydrogens (tertiary/aromatic N) is 3. The Bertz CT molecular complexity index is 784. The monoisotopic (exact) mass is 358 g/mol. The fourth-order valence-electron chi connectivity index (χ4n) is 2.57. The molecule has 3 rings (SSSR count). The van der Waals surface area contributed by atoms with Crippen molar-refractivity contribution in [1.29, 1.82) is 0 Å². The average Bonchev–Trinajstić information content (AvgIpc) is 3.13. The molecule has 0 radical (unpaired) electrons. The van der Waals surface area contributed by atoms with Crippen LogP contribution < -0.4 is 9.46 Å². The van der Waals surface area contributed by atoms with E-state index >= 15 is 0 Å². The fraction of sp³-hybridized carbons (Fsp3) is 0.538. The SMILES string of the molecule is COCc1nc2n(n1)CCC[C@H]2NS(=O)(=O)c1sccc1OC. The molecule has 2 aromatic heterocycles. The summed E-state index contributed by atoms with van der Waals surface area (Å²) in [6, 6.07) is 1.23. The van der Waals surface area contributed by atoms with Crippen molar-refractivity contribution in [2.45, 2.75) is 36.2 Å². The van der Waals surface area contributed by atoms with Crippen molar-refractivity contribution >= 4 is 21.4 Å². The predicted molar refractivity (Wildman–Crippen MR) is 83.9 cm³/mol. The summed E-state index contributed by atoms with van der Waals surface area (Å²) in [4.78, 5) is 4.40. The first-order valence-electron chi connectivity index (χ1n) is 7.11. The summed E-state index contributed by atoms with van der Waals surface area (Å²) in [5.41, 5.74) is 0. The Morgan fingerprint density at radius 1 is 1.48 bits per heavy atom. The second kappa shape index (κ2) is 6.56. The van der Waals surface area contributed by atoms with Crippen molar-refractivity contribution in [2.75, 3.05) is 14.2 Å². The second-order valence-electron chi connectivity index (χ2n) is 5.13. The van der Waals surface area contributed by atoms with Crippen LogP contribution in [-0.4, -0.2) is 37.4 Å². The molecule has 3 heterocycles. The highest BCUT2D eigenvalue weighted by Crippen LogP contribution is 2.32. The van der Waals surface area contributed by atoms with Gasteiger partial charge in [0.1, 0.15) is 18.2 Å². The topological polar surface area (TPSA) is 95.3 Å². The van der Waals surface area contributed by atoms with Crippen LogP contribution >= 0.6 is 11.3 Å². The van der Waals surface area contributed by atoms with E-state index in [0.717, 1.165) is 24.3 Å². The normalized spacial score (nSPS) is 17.9. The molecule has 0 unspecified atom stereocenters. The number of thiophene rings is 1. The van der Waals surface area contributed by atoms with Crippen molar-refractivity contribution in [3.8, 4) is 5.75 Å². The summed E-state index contributed by atoms with van der Waals surface area (Å²) >= 11 is 1.13. The van der Waals surface area contributed by atoms with Gasteiger partial charge in [-0.3, -0.25) is 0 Å². The molecule has 0 saturated carbocycles. The van der Waals surface area contributed by atoms with E-state index in [-0.39, 0.29) is 4.21 Å². The molecule has 1 N–H and O–H groups in total. The number of methoxy groups -OCH3 is 2. The molecule has 1 aliphatic heterocycles. The van der Waals surface area contributed by atoms with E-state index in [4.69, 9.17) is 9.47 Å². The van der Waals surface area contributed by atoms with Crippen LogP contribution in [0.3, 0.4) is 0 Å². The Kier molecular flexibility index (Phi) is 4.67. The highest BCUT2D eigenvalue weighted by atomic mass is 32.2. The first kappa shape index (κ1) is 16.4. The van der Waals surface area contributed by atoms with Gasteiger partial charge in [-0.2, -0.15) is 9.82 Å². The number of ether oxygens (including phenoxy) is 2. The molecular weight excluding hydrogens is 340 g/mol. The Labute approximate surface area is 138 Å². The predicted octanol–water partition coefficient (Wildman–Crippen LogP) is 1.31. The summed E-state index contributed by atoms with van der Waals surface area (Å²) in [6.07, 6.45) is 1.51. The summed E-state index contributed by atoms with van der Waals surface area (Å²) in [7, 11) is -0.648. The van der Waals surface area contributed by atoms with Gasteiger partial charge in [-0.05, 0) is 24.3 Å². The van der Waals surface area contributed by atoms with Gasteiger partial charge in [0.2, 0.25) is 0 Å². The molecule has 0 bridgehead atoms. The molecule has 0 amide bonds. The van der Waals surface area contributed by atoms with Crippen LogP contribution in [0.25, 0.3) is 0 Å². The lowest BCUT2D eigenvalue weighted by Gasteiger charge is -2.22. The molecule has 1 aliphatic rings. The van der Waals surface area contributed by atoms with Crippen LogP contribution in [0.15, 0.2) is 15.7 Å². The molecule has 10 heteroatoms. The van der Waals surface area contributed by atoms with Crippen molar-refractivity contribution < 1.29 is 17.9 Å². The third-order valence-corrected chi connectivity index (χ3v) is 6.47. The maximum atomic E-state index is 12.6. The van der Waals surface area contributed by atoms with Crippen LogP contribution in [0.5, 0.6) is 5.75 Å². The van der Waals surface area contributed by atoms with Crippen LogP contribution in [-0.2, 0) is 27.9 Å². The number of fused-ring (bicyclic) bond motifs is 1. The van der Waals surface area contributed by atoms with Crippen molar-refractivity contribution in [3.63, 3.8) is 0 Å². The van der Waals surface area contributed by atoms with Gasteiger partial charge >= 0.3 is 0 Å². The van der Waals surface area contributed by atoms with E-state index in [1.807, 2.05) is 0 Å². The van der Waals surface area contributed by atoms with Gasteiger partial charge in [-0.1, -0.05) is 0 Å².